The van der Waals surface area contributed by atoms with Crippen LogP contribution >= 0.6 is 11.8 Å². The number of nitrogens with one attached hydrogen (secondary N) is 1. The summed E-state index contributed by atoms with van der Waals surface area (Å²) in [5.41, 5.74) is 3.72. The fourth-order valence-corrected chi connectivity index (χ4v) is 4.82. The Hall–Kier alpha value is -4.37. The first-order chi connectivity index (χ1) is 18.8. The molecule has 3 aromatic rings. The van der Waals surface area contributed by atoms with Crippen LogP contribution in [0.5, 0.6) is 11.5 Å². The zero-order chi connectivity index (χ0) is 27.9. The SMILES string of the molecule is C=CCc1cc(/C=C2\SC(=O)N(CC(=O)Nc3cccc(C)c3)C2=O)cc(OC)c1OCc1ccc(F)cc1. The molecule has 200 valence electrons. The summed E-state index contributed by atoms with van der Waals surface area (Å²) in [6.07, 6.45) is 3.75. The summed E-state index contributed by atoms with van der Waals surface area (Å²) >= 11 is 0.769. The van der Waals surface area contributed by atoms with Crippen LogP contribution in [0.1, 0.15) is 22.3 Å². The van der Waals surface area contributed by atoms with Gasteiger partial charge in [-0.1, -0.05) is 30.3 Å². The van der Waals surface area contributed by atoms with Crippen LogP contribution in [0.2, 0.25) is 0 Å². The van der Waals surface area contributed by atoms with Gasteiger partial charge in [0.05, 0.1) is 12.0 Å². The molecular formula is C30H27FN2O5S. The number of allylic oxidation sites excluding steroid dienone is 1. The largest absolute Gasteiger partial charge is 0.493 e. The standard InChI is InChI=1S/C30H27FN2O5S/c1-4-6-22-14-21(15-25(37-3)28(22)38-18-20-9-11-23(31)12-10-20)16-26-29(35)33(30(36)39-26)17-27(34)32-24-8-5-7-19(2)13-24/h4-5,7-16H,1,6,17-18H2,2-3H3,(H,32,34)/b26-16-. The van der Waals surface area contributed by atoms with Crippen LogP contribution in [0.25, 0.3) is 6.08 Å². The molecule has 0 unspecified atom stereocenters. The second kappa shape index (κ2) is 12.4. The molecule has 4 rings (SSSR count). The van der Waals surface area contributed by atoms with Crippen molar-refractivity contribution in [2.75, 3.05) is 19.0 Å². The fourth-order valence-electron chi connectivity index (χ4n) is 3.98. The van der Waals surface area contributed by atoms with Crippen LogP contribution in [0, 0.1) is 12.7 Å². The van der Waals surface area contributed by atoms with Crippen molar-refractivity contribution in [1.82, 2.24) is 4.90 Å². The van der Waals surface area contributed by atoms with Gasteiger partial charge in [0.15, 0.2) is 11.5 Å². The molecule has 0 aliphatic carbocycles. The molecule has 1 aliphatic heterocycles. The van der Waals surface area contributed by atoms with Gasteiger partial charge in [-0.2, -0.15) is 0 Å². The number of halogens is 1. The molecule has 1 N–H and O–H groups in total. The van der Waals surface area contributed by atoms with Crippen molar-refractivity contribution in [1.29, 1.82) is 0 Å². The summed E-state index contributed by atoms with van der Waals surface area (Å²) in [6.45, 7) is 5.51. The molecule has 0 radical (unpaired) electrons. The highest BCUT2D eigenvalue weighted by atomic mass is 32.2. The van der Waals surface area contributed by atoms with Crippen LogP contribution in [0.4, 0.5) is 14.9 Å². The zero-order valence-electron chi connectivity index (χ0n) is 21.5. The van der Waals surface area contributed by atoms with E-state index in [4.69, 9.17) is 9.47 Å². The maximum Gasteiger partial charge on any atom is 0.294 e. The van der Waals surface area contributed by atoms with E-state index in [1.165, 1.54) is 19.2 Å². The van der Waals surface area contributed by atoms with Crippen molar-refractivity contribution in [2.24, 2.45) is 0 Å². The number of thioether (sulfide) groups is 1. The number of carbonyl (C=O) groups excluding carboxylic acids is 3. The summed E-state index contributed by atoms with van der Waals surface area (Å²) in [5.74, 6) is -0.421. The van der Waals surface area contributed by atoms with Crippen molar-refractivity contribution in [3.63, 3.8) is 0 Å². The maximum atomic E-state index is 13.2. The van der Waals surface area contributed by atoms with Crippen LogP contribution in [0.15, 0.2) is 78.2 Å². The Bertz CT molecular complexity index is 1450. The molecule has 1 heterocycles. The Balaban J connectivity index is 1.52. The Labute approximate surface area is 230 Å². The average Bonchev–Trinajstić information content (AvgIpc) is 3.16. The van der Waals surface area contributed by atoms with Crippen LogP contribution in [-0.2, 0) is 22.6 Å². The summed E-state index contributed by atoms with van der Waals surface area (Å²) in [7, 11) is 1.50. The van der Waals surface area contributed by atoms with E-state index in [0.29, 0.717) is 29.2 Å². The van der Waals surface area contributed by atoms with E-state index in [1.807, 2.05) is 25.1 Å². The van der Waals surface area contributed by atoms with E-state index in [1.54, 1.807) is 42.5 Å². The van der Waals surface area contributed by atoms with Crippen molar-refractivity contribution in [3.8, 4) is 11.5 Å². The molecule has 0 spiro atoms. The number of nitrogens with zero attached hydrogens (tertiary/aromatic N) is 1. The third kappa shape index (κ3) is 6.94. The van der Waals surface area contributed by atoms with Gasteiger partial charge in [0.25, 0.3) is 11.1 Å². The minimum Gasteiger partial charge on any atom is -0.493 e. The number of amides is 3. The topological polar surface area (TPSA) is 84.9 Å². The molecule has 0 saturated carbocycles. The lowest BCUT2D eigenvalue weighted by Gasteiger charge is -2.16. The summed E-state index contributed by atoms with van der Waals surface area (Å²) in [4.78, 5) is 39.2. The number of ether oxygens (including phenoxy) is 2. The second-order valence-corrected chi connectivity index (χ2v) is 9.80. The first-order valence-corrected chi connectivity index (χ1v) is 12.9. The number of aryl methyl sites for hydroxylation is 1. The van der Waals surface area contributed by atoms with E-state index in [2.05, 4.69) is 11.9 Å². The molecule has 9 heteroatoms. The van der Waals surface area contributed by atoms with E-state index in [9.17, 15) is 18.8 Å². The minimum absolute atomic E-state index is 0.190. The number of hydrogen-bond donors (Lipinski definition) is 1. The van der Waals surface area contributed by atoms with Gasteiger partial charge in [0, 0.05) is 11.3 Å². The van der Waals surface area contributed by atoms with Gasteiger partial charge in [0.2, 0.25) is 5.91 Å². The van der Waals surface area contributed by atoms with Gasteiger partial charge in [-0.05, 0) is 84.3 Å². The van der Waals surface area contributed by atoms with Crippen molar-refractivity contribution in [2.45, 2.75) is 20.0 Å². The van der Waals surface area contributed by atoms with Gasteiger partial charge in [-0.25, -0.2) is 4.39 Å². The van der Waals surface area contributed by atoms with E-state index in [-0.39, 0.29) is 17.3 Å². The molecule has 0 bridgehead atoms. The molecular weight excluding hydrogens is 519 g/mol. The lowest BCUT2D eigenvalue weighted by atomic mass is 10.0. The number of benzene rings is 3. The molecule has 1 saturated heterocycles. The number of anilines is 1. The third-order valence-corrected chi connectivity index (χ3v) is 6.72. The molecule has 7 nitrogen and oxygen atoms in total. The van der Waals surface area contributed by atoms with Crippen LogP contribution in [0.3, 0.4) is 0 Å². The number of methoxy groups -OCH3 is 1. The van der Waals surface area contributed by atoms with Gasteiger partial charge >= 0.3 is 0 Å². The Morgan fingerprint density at radius 2 is 1.90 bits per heavy atom. The maximum absolute atomic E-state index is 13.2. The normalized spacial score (nSPS) is 14.0. The van der Waals surface area contributed by atoms with Crippen LogP contribution < -0.4 is 14.8 Å². The summed E-state index contributed by atoms with van der Waals surface area (Å²) in [5, 5.41) is 2.19. The Morgan fingerprint density at radius 1 is 1.13 bits per heavy atom. The molecule has 0 atom stereocenters. The monoisotopic (exact) mass is 546 g/mol. The van der Waals surface area contributed by atoms with Gasteiger partial charge < -0.3 is 14.8 Å². The number of hydrogen-bond acceptors (Lipinski definition) is 6. The lowest BCUT2D eigenvalue weighted by Crippen LogP contribution is -2.36. The minimum atomic E-state index is -0.551. The van der Waals surface area contributed by atoms with Crippen LogP contribution in [-0.4, -0.2) is 35.6 Å². The van der Waals surface area contributed by atoms with Gasteiger partial charge in [-0.3, -0.25) is 19.3 Å². The Morgan fingerprint density at radius 3 is 2.59 bits per heavy atom. The van der Waals surface area contributed by atoms with E-state index >= 15 is 0 Å². The van der Waals surface area contributed by atoms with Crippen molar-refractivity contribution >= 4 is 40.6 Å². The van der Waals surface area contributed by atoms with E-state index in [0.717, 1.165) is 33.4 Å². The van der Waals surface area contributed by atoms with Crippen molar-refractivity contribution in [3.05, 3.63) is 106 Å². The first-order valence-electron chi connectivity index (χ1n) is 12.1. The fraction of sp³-hybridized carbons (Fsp3) is 0.167. The third-order valence-electron chi connectivity index (χ3n) is 5.81. The van der Waals surface area contributed by atoms with E-state index < -0.39 is 23.6 Å². The number of rotatable bonds is 10. The highest BCUT2D eigenvalue weighted by Gasteiger charge is 2.36. The molecule has 1 aliphatic rings. The highest BCUT2D eigenvalue weighted by Crippen LogP contribution is 2.37. The summed E-state index contributed by atoms with van der Waals surface area (Å²) < 4.78 is 24.8. The smallest absolute Gasteiger partial charge is 0.294 e. The Kier molecular flexibility index (Phi) is 8.83. The first kappa shape index (κ1) is 27.7. The van der Waals surface area contributed by atoms with Gasteiger partial charge in [0.1, 0.15) is 19.0 Å². The summed E-state index contributed by atoms with van der Waals surface area (Å²) in [6, 6.07) is 16.8. The molecule has 39 heavy (non-hydrogen) atoms. The average molecular weight is 547 g/mol. The molecule has 1 fully saturated rings. The molecule has 3 aromatic carbocycles. The lowest BCUT2D eigenvalue weighted by molar-refractivity contribution is -0.127. The quantitative estimate of drug-likeness (QED) is 0.243. The molecule has 3 amide bonds. The second-order valence-electron chi connectivity index (χ2n) is 8.80. The van der Waals surface area contributed by atoms with Gasteiger partial charge in [-0.15, -0.1) is 6.58 Å². The number of imide groups is 1. The number of carbonyl (C=O) groups is 3. The van der Waals surface area contributed by atoms with Crippen molar-refractivity contribution < 1.29 is 28.2 Å². The molecule has 0 aromatic heterocycles. The predicted octanol–water partition coefficient (Wildman–Crippen LogP) is 6.13. The predicted molar refractivity (Wildman–Crippen MR) is 150 cm³/mol. The highest BCUT2D eigenvalue weighted by molar-refractivity contribution is 8.18. The zero-order valence-corrected chi connectivity index (χ0v) is 22.3.